The molecule has 0 saturated heterocycles. The van der Waals surface area contributed by atoms with Gasteiger partial charge in [-0.1, -0.05) is 134 Å². The monoisotopic (exact) mass is 797 g/mol. The Morgan fingerprint density at radius 1 is 0.548 bits per heavy atom. The number of amidine groups is 1. The van der Waals surface area contributed by atoms with E-state index in [1.54, 1.807) is 0 Å². The number of benzene rings is 6. The predicted molar refractivity (Wildman–Crippen MR) is 256 cm³/mol. The van der Waals surface area contributed by atoms with Gasteiger partial charge in [-0.2, -0.15) is 5.26 Å². The van der Waals surface area contributed by atoms with E-state index in [4.69, 9.17) is 9.41 Å². The van der Waals surface area contributed by atoms with E-state index in [0.717, 1.165) is 94.4 Å². The molecule has 2 aliphatic heterocycles. The molecule has 1 aromatic heterocycles. The van der Waals surface area contributed by atoms with Crippen LogP contribution in [0.1, 0.15) is 48.8 Å². The first-order valence-electron chi connectivity index (χ1n) is 21.6. The third-order valence-electron chi connectivity index (χ3n) is 12.5. The lowest BCUT2D eigenvalue weighted by molar-refractivity contribution is 0.566. The van der Waals surface area contributed by atoms with Crippen LogP contribution in [0, 0.1) is 11.3 Å². The summed E-state index contributed by atoms with van der Waals surface area (Å²) in [5, 5.41) is 11.4. The molecule has 2 aliphatic carbocycles. The van der Waals surface area contributed by atoms with Crippen molar-refractivity contribution in [3.8, 4) is 39.4 Å². The number of allylic oxidation sites excluding steroid dienone is 9. The van der Waals surface area contributed by atoms with Crippen molar-refractivity contribution in [1.29, 1.82) is 5.26 Å². The van der Waals surface area contributed by atoms with Gasteiger partial charge in [0.05, 0.1) is 17.3 Å². The Morgan fingerprint density at radius 2 is 1.16 bits per heavy atom. The summed E-state index contributed by atoms with van der Waals surface area (Å²) >= 11 is 0. The summed E-state index contributed by atoms with van der Waals surface area (Å²) in [6.45, 7) is 0.894. The van der Waals surface area contributed by atoms with Gasteiger partial charge in [0.1, 0.15) is 17.0 Å². The lowest BCUT2D eigenvalue weighted by Gasteiger charge is -2.29. The number of nitrogens with zero attached hydrogens (tertiary/aromatic N) is 3. The predicted octanol–water partition coefficient (Wildman–Crippen LogP) is 14.8. The Balaban J connectivity index is 0.828. The van der Waals surface area contributed by atoms with Crippen molar-refractivity contribution in [1.82, 2.24) is 4.90 Å². The fourth-order valence-corrected chi connectivity index (χ4v) is 9.18. The highest BCUT2D eigenvalue weighted by Gasteiger charge is 2.25. The van der Waals surface area contributed by atoms with Crippen LogP contribution < -0.4 is 0 Å². The van der Waals surface area contributed by atoms with Crippen LogP contribution in [0.15, 0.2) is 220 Å². The first-order valence-corrected chi connectivity index (χ1v) is 21.6. The van der Waals surface area contributed by atoms with E-state index in [0.29, 0.717) is 5.56 Å². The van der Waals surface area contributed by atoms with Gasteiger partial charge in [0.2, 0.25) is 0 Å². The highest BCUT2D eigenvalue weighted by atomic mass is 16.3. The van der Waals surface area contributed by atoms with Gasteiger partial charge in [-0.25, -0.2) is 4.99 Å². The van der Waals surface area contributed by atoms with Crippen LogP contribution in [0.4, 0.5) is 0 Å². The second-order valence-corrected chi connectivity index (χ2v) is 16.4. The van der Waals surface area contributed by atoms with Crippen LogP contribution >= 0.6 is 0 Å². The molecule has 296 valence electrons. The Labute approximate surface area is 362 Å². The molecule has 6 aromatic carbocycles. The van der Waals surface area contributed by atoms with Crippen molar-refractivity contribution in [3.05, 3.63) is 227 Å². The topological polar surface area (TPSA) is 52.5 Å². The van der Waals surface area contributed by atoms with Crippen molar-refractivity contribution in [2.45, 2.75) is 32.1 Å². The molecule has 0 amide bonds. The molecule has 11 rings (SSSR count). The van der Waals surface area contributed by atoms with Gasteiger partial charge in [0.15, 0.2) is 0 Å². The second-order valence-electron chi connectivity index (χ2n) is 16.4. The maximum Gasteiger partial charge on any atom is 0.141 e. The van der Waals surface area contributed by atoms with E-state index in [9.17, 15) is 5.26 Å². The number of fused-ring (bicyclic) bond motifs is 4. The minimum absolute atomic E-state index is 0.657. The third-order valence-corrected chi connectivity index (χ3v) is 12.5. The van der Waals surface area contributed by atoms with Crippen molar-refractivity contribution in [2.24, 2.45) is 4.99 Å². The van der Waals surface area contributed by atoms with Crippen molar-refractivity contribution < 1.29 is 4.42 Å². The molecule has 0 spiro atoms. The molecule has 4 heteroatoms. The zero-order valence-corrected chi connectivity index (χ0v) is 34.4. The van der Waals surface area contributed by atoms with Gasteiger partial charge in [-0.15, -0.1) is 0 Å². The molecule has 0 fully saturated rings. The number of furan rings is 1. The summed E-state index contributed by atoms with van der Waals surface area (Å²) in [4.78, 5) is 7.82. The van der Waals surface area contributed by atoms with E-state index < -0.39 is 0 Å². The van der Waals surface area contributed by atoms with Gasteiger partial charge >= 0.3 is 0 Å². The lowest BCUT2D eigenvalue weighted by atomic mass is 9.91. The highest BCUT2D eigenvalue weighted by molar-refractivity contribution is 6.25. The summed E-state index contributed by atoms with van der Waals surface area (Å²) in [6, 6.07) is 51.3. The highest BCUT2D eigenvalue weighted by Crippen LogP contribution is 2.38. The molecule has 0 unspecified atom stereocenters. The van der Waals surface area contributed by atoms with Gasteiger partial charge in [-0.3, -0.25) is 0 Å². The first kappa shape index (κ1) is 37.3. The molecule has 62 heavy (non-hydrogen) atoms. The minimum Gasteiger partial charge on any atom is -0.456 e. The van der Waals surface area contributed by atoms with Gasteiger partial charge < -0.3 is 9.32 Å². The molecule has 0 saturated carbocycles. The normalized spacial score (nSPS) is 16.2. The smallest absolute Gasteiger partial charge is 0.141 e. The van der Waals surface area contributed by atoms with Crippen LogP contribution in [-0.2, 0) is 0 Å². The SMILES string of the molecule is N#Cc1ccc(-c2ccc3oc4ccc(-c5ccc(-c6ccc(C7=CC(C8=CCCN9C=C(C%10=CC=CCC%10)C=C(c%10ccccc%10)C9=N8)=CCC7)cc6)cc5)cc4c3c2)cc1. The molecule has 4 aliphatic rings. The molecular formula is C58H43N3O. The molecule has 0 N–H and O–H groups in total. The van der Waals surface area contributed by atoms with E-state index in [2.05, 4.69) is 169 Å². The van der Waals surface area contributed by atoms with Crippen LogP contribution in [0.5, 0.6) is 0 Å². The van der Waals surface area contributed by atoms with Gasteiger partial charge in [-0.05, 0) is 147 Å². The molecule has 0 atom stereocenters. The molecule has 7 aromatic rings. The summed E-state index contributed by atoms with van der Waals surface area (Å²) in [6.07, 6.45) is 23.5. The summed E-state index contributed by atoms with van der Waals surface area (Å²) in [5.74, 6) is 1.03. The average Bonchev–Trinajstić information content (AvgIpc) is 3.57. The van der Waals surface area contributed by atoms with Crippen LogP contribution in [-0.4, -0.2) is 17.3 Å². The van der Waals surface area contributed by atoms with Gasteiger partial charge in [0, 0.05) is 29.1 Å². The Morgan fingerprint density at radius 3 is 1.81 bits per heavy atom. The zero-order valence-electron chi connectivity index (χ0n) is 34.4. The number of hydrogen-bond acceptors (Lipinski definition) is 4. The molecular weight excluding hydrogens is 755 g/mol. The number of aliphatic imine (C=N–C) groups is 1. The van der Waals surface area contributed by atoms with Crippen LogP contribution in [0.3, 0.4) is 0 Å². The average molecular weight is 798 g/mol. The Kier molecular flexibility index (Phi) is 9.64. The summed E-state index contributed by atoms with van der Waals surface area (Å²) in [5.41, 5.74) is 19.2. The number of hydrogen-bond donors (Lipinski definition) is 0. The quantitative estimate of drug-likeness (QED) is 0.161. The maximum absolute atomic E-state index is 9.23. The van der Waals surface area contributed by atoms with E-state index in [1.165, 1.54) is 50.1 Å². The maximum atomic E-state index is 9.23. The van der Waals surface area contributed by atoms with E-state index in [1.807, 2.05) is 30.3 Å². The fraction of sp³-hybridized carbons (Fsp3) is 0.103. The van der Waals surface area contributed by atoms with Crippen molar-refractivity contribution >= 4 is 38.9 Å². The Bertz CT molecular complexity index is 3190. The first-order chi connectivity index (χ1) is 30.6. The van der Waals surface area contributed by atoms with Crippen LogP contribution in [0.2, 0.25) is 0 Å². The molecule has 3 heterocycles. The van der Waals surface area contributed by atoms with E-state index >= 15 is 0 Å². The molecule has 0 bridgehead atoms. The number of rotatable bonds is 7. The van der Waals surface area contributed by atoms with Crippen LogP contribution in [0.25, 0.3) is 66.5 Å². The molecule has 0 radical (unpaired) electrons. The second kappa shape index (κ2) is 16.0. The zero-order chi connectivity index (χ0) is 41.4. The lowest BCUT2D eigenvalue weighted by Crippen LogP contribution is -2.30. The van der Waals surface area contributed by atoms with Gasteiger partial charge in [0.25, 0.3) is 0 Å². The Hall–Kier alpha value is -7.74. The molecule has 4 nitrogen and oxygen atoms in total. The standard InChI is InChI=1S/C58H43N3O/c59-37-39-16-18-43(19-17-39)48-28-30-56-53(34-48)54-35-49(29-31-57(54)62-56)45-26-22-42(23-27-45)41-20-24-44(25-21-41)47-13-7-14-50(33-47)55-15-8-32-61-38-51(40-9-3-1-4-10-40)36-52(58(61)60-55)46-11-5-2-6-12-46/h1-3,5-6,9,11-12,14-31,33-36,38H,4,7-8,10,13,32H2. The van der Waals surface area contributed by atoms with Crippen molar-refractivity contribution in [2.75, 3.05) is 6.54 Å². The van der Waals surface area contributed by atoms with E-state index in [-0.39, 0.29) is 0 Å². The minimum atomic E-state index is 0.657. The van der Waals surface area contributed by atoms with Crippen molar-refractivity contribution in [3.63, 3.8) is 0 Å². The number of nitriles is 1. The summed E-state index contributed by atoms with van der Waals surface area (Å²) < 4.78 is 6.23. The fourth-order valence-electron chi connectivity index (χ4n) is 9.18. The summed E-state index contributed by atoms with van der Waals surface area (Å²) in [7, 11) is 0. The third kappa shape index (κ3) is 7.18. The largest absolute Gasteiger partial charge is 0.456 e.